The highest BCUT2D eigenvalue weighted by molar-refractivity contribution is 7.79. The Labute approximate surface area is 99.6 Å². The molecule has 0 fully saturated rings. The summed E-state index contributed by atoms with van der Waals surface area (Å²) in [5, 5.41) is 0. The fourth-order valence-electron chi connectivity index (χ4n) is 1.28. The third-order valence-corrected chi connectivity index (χ3v) is 2.23. The molecule has 0 bridgehead atoms. The molecule has 0 amide bonds. The van der Waals surface area contributed by atoms with Crippen molar-refractivity contribution in [1.29, 1.82) is 0 Å². The highest BCUT2D eigenvalue weighted by Gasteiger charge is 2.11. The van der Waals surface area contributed by atoms with Crippen molar-refractivity contribution in [3.05, 3.63) is 0 Å². The molecule has 0 saturated carbocycles. The van der Waals surface area contributed by atoms with E-state index in [4.69, 9.17) is 17.5 Å². The number of quaternary nitrogens is 1. The topological polar surface area (TPSA) is 77.4 Å². The number of rotatable bonds is 6. The van der Waals surface area contributed by atoms with Gasteiger partial charge in [-0.2, -0.15) is 0 Å². The Morgan fingerprint density at radius 2 is 1.31 bits per heavy atom. The predicted octanol–water partition coefficient (Wildman–Crippen LogP) is 1.67. The van der Waals surface area contributed by atoms with Gasteiger partial charge < -0.3 is 9.04 Å². The molecular weight excluding hydrogens is 230 g/mol. The first-order valence-corrected chi connectivity index (χ1v) is 6.99. The molecule has 0 atom stereocenters. The van der Waals surface area contributed by atoms with Crippen molar-refractivity contribution in [2.45, 2.75) is 39.5 Å². The number of unbranched alkanes of at least 4 members (excludes halogenated alkanes) is 2. The highest BCUT2D eigenvalue weighted by Crippen LogP contribution is 2.03. The minimum atomic E-state index is -4.92. The van der Waals surface area contributed by atoms with Crippen molar-refractivity contribution in [2.75, 3.05) is 27.2 Å². The van der Waals surface area contributed by atoms with Crippen LogP contribution < -0.4 is 0 Å². The molecule has 6 heteroatoms. The Balaban J connectivity index is 0. The molecule has 0 aromatic heterocycles. The first-order chi connectivity index (χ1) is 7.12. The van der Waals surface area contributed by atoms with E-state index in [1.165, 1.54) is 43.3 Å². The number of nitrogens with zero attached hydrogens (tertiary/aromatic N) is 1. The van der Waals surface area contributed by atoms with Crippen molar-refractivity contribution in [3.8, 4) is 0 Å². The SMILES string of the molecule is CCCC[N+](C)(C)CCCC.O=S(=O)([O-])O. The van der Waals surface area contributed by atoms with E-state index in [0.29, 0.717) is 0 Å². The van der Waals surface area contributed by atoms with Crippen LogP contribution in [0.15, 0.2) is 0 Å². The van der Waals surface area contributed by atoms with E-state index < -0.39 is 10.4 Å². The van der Waals surface area contributed by atoms with Crippen molar-refractivity contribution in [3.63, 3.8) is 0 Å². The zero-order valence-corrected chi connectivity index (χ0v) is 11.6. The first-order valence-electron chi connectivity index (χ1n) is 5.62. The molecule has 0 aliphatic carbocycles. The van der Waals surface area contributed by atoms with Crippen molar-refractivity contribution in [2.24, 2.45) is 0 Å². The lowest BCUT2D eigenvalue weighted by molar-refractivity contribution is -0.890. The smallest absolute Gasteiger partial charge is 0.215 e. The summed E-state index contributed by atoms with van der Waals surface area (Å²) in [6.07, 6.45) is 5.40. The van der Waals surface area contributed by atoms with Crippen LogP contribution in [0.4, 0.5) is 0 Å². The normalized spacial score (nSPS) is 11.9. The Morgan fingerprint density at radius 1 is 1.06 bits per heavy atom. The molecular formula is C10H25NO4S. The molecule has 0 aromatic carbocycles. The van der Waals surface area contributed by atoms with Crippen LogP contribution in [-0.2, 0) is 10.4 Å². The predicted molar refractivity (Wildman–Crippen MR) is 64.0 cm³/mol. The average Bonchev–Trinajstić information content (AvgIpc) is 2.09. The standard InChI is InChI=1S/C10H24N.H2O4S/c1-5-7-9-11(3,4)10-8-6-2;1-5(2,3)4/h5-10H2,1-4H3;(H2,1,2,3,4)/q+1;/p-1. The van der Waals surface area contributed by atoms with Crippen LogP contribution in [0.2, 0.25) is 0 Å². The lowest BCUT2D eigenvalue weighted by Crippen LogP contribution is -2.41. The van der Waals surface area contributed by atoms with E-state index in [1.807, 2.05) is 0 Å². The maximum absolute atomic E-state index is 8.63. The van der Waals surface area contributed by atoms with E-state index in [0.717, 1.165) is 0 Å². The Hall–Kier alpha value is -0.170. The summed E-state index contributed by atoms with van der Waals surface area (Å²) in [5.41, 5.74) is 0. The summed E-state index contributed by atoms with van der Waals surface area (Å²) in [6.45, 7) is 7.21. The maximum atomic E-state index is 8.63. The average molecular weight is 255 g/mol. The second kappa shape index (κ2) is 8.92. The largest absolute Gasteiger partial charge is 0.726 e. The second-order valence-electron chi connectivity index (χ2n) is 4.52. The second-order valence-corrected chi connectivity index (χ2v) is 5.37. The van der Waals surface area contributed by atoms with Gasteiger partial charge in [-0.15, -0.1) is 0 Å². The van der Waals surface area contributed by atoms with Crippen molar-refractivity contribution < 1.29 is 22.0 Å². The van der Waals surface area contributed by atoms with Gasteiger partial charge in [0.1, 0.15) is 0 Å². The molecule has 100 valence electrons. The maximum Gasteiger partial charge on any atom is 0.215 e. The number of hydrogen-bond acceptors (Lipinski definition) is 3. The minimum Gasteiger partial charge on any atom is -0.726 e. The molecule has 0 rings (SSSR count). The third-order valence-electron chi connectivity index (χ3n) is 2.23. The summed E-state index contributed by atoms with van der Waals surface area (Å²) >= 11 is 0. The molecule has 16 heavy (non-hydrogen) atoms. The van der Waals surface area contributed by atoms with Gasteiger partial charge in [0, 0.05) is 0 Å². The zero-order chi connectivity index (χ0) is 13.2. The van der Waals surface area contributed by atoms with Crippen LogP contribution in [0.5, 0.6) is 0 Å². The Bertz CT molecular complexity index is 232. The van der Waals surface area contributed by atoms with Gasteiger partial charge >= 0.3 is 0 Å². The molecule has 1 N–H and O–H groups in total. The van der Waals surface area contributed by atoms with Crippen LogP contribution in [0.25, 0.3) is 0 Å². The number of hydrogen-bond donors (Lipinski definition) is 1. The minimum absolute atomic E-state index is 1.21. The van der Waals surface area contributed by atoms with Gasteiger partial charge in [0.05, 0.1) is 27.2 Å². The van der Waals surface area contributed by atoms with Crippen LogP contribution in [0.1, 0.15) is 39.5 Å². The van der Waals surface area contributed by atoms with Gasteiger partial charge in [-0.25, -0.2) is 8.42 Å². The molecule has 0 aromatic rings. The fourth-order valence-corrected chi connectivity index (χ4v) is 1.28. The summed E-state index contributed by atoms with van der Waals surface area (Å²) in [6, 6.07) is 0. The molecule has 0 radical (unpaired) electrons. The van der Waals surface area contributed by atoms with Crippen LogP contribution in [0.3, 0.4) is 0 Å². The summed E-state index contributed by atoms with van der Waals surface area (Å²) in [5.74, 6) is 0. The van der Waals surface area contributed by atoms with Crippen molar-refractivity contribution >= 4 is 10.4 Å². The van der Waals surface area contributed by atoms with E-state index in [1.54, 1.807) is 0 Å². The van der Waals surface area contributed by atoms with E-state index in [-0.39, 0.29) is 0 Å². The van der Waals surface area contributed by atoms with Gasteiger partial charge in [0.2, 0.25) is 10.4 Å². The fraction of sp³-hybridized carbons (Fsp3) is 1.00. The molecule has 0 aliphatic heterocycles. The lowest BCUT2D eigenvalue weighted by atomic mass is 10.2. The molecule has 0 aliphatic rings. The summed E-state index contributed by atoms with van der Waals surface area (Å²) < 4.78 is 34.0. The van der Waals surface area contributed by atoms with Crippen molar-refractivity contribution in [1.82, 2.24) is 0 Å². The highest BCUT2D eigenvalue weighted by atomic mass is 32.3. The monoisotopic (exact) mass is 255 g/mol. The van der Waals surface area contributed by atoms with Gasteiger partial charge in [-0.3, -0.25) is 4.55 Å². The molecule has 0 unspecified atom stereocenters. The molecule has 5 nitrogen and oxygen atoms in total. The molecule has 0 saturated heterocycles. The molecule has 0 spiro atoms. The quantitative estimate of drug-likeness (QED) is 0.445. The van der Waals surface area contributed by atoms with E-state index >= 15 is 0 Å². The Morgan fingerprint density at radius 3 is 1.50 bits per heavy atom. The van der Waals surface area contributed by atoms with Crippen LogP contribution in [-0.4, -0.2) is 49.2 Å². The van der Waals surface area contributed by atoms with Gasteiger partial charge in [0.15, 0.2) is 0 Å². The lowest BCUT2D eigenvalue weighted by Gasteiger charge is -2.29. The van der Waals surface area contributed by atoms with Crippen LogP contribution >= 0.6 is 0 Å². The molecule has 0 heterocycles. The van der Waals surface area contributed by atoms with Crippen LogP contribution in [0, 0.1) is 0 Å². The van der Waals surface area contributed by atoms with Gasteiger partial charge in [-0.05, 0) is 12.8 Å². The summed E-state index contributed by atoms with van der Waals surface area (Å²) in [4.78, 5) is 0. The van der Waals surface area contributed by atoms with Gasteiger partial charge in [-0.1, -0.05) is 26.7 Å². The van der Waals surface area contributed by atoms with Gasteiger partial charge in [0.25, 0.3) is 0 Å². The van der Waals surface area contributed by atoms with E-state index in [9.17, 15) is 0 Å². The zero-order valence-electron chi connectivity index (χ0n) is 10.8. The van der Waals surface area contributed by atoms with E-state index in [2.05, 4.69) is 27.9 Å². The first kappa shape index (κ1) is 18.2. The Kier molecular flexibility index (Phi) is 10.2. The summed E-state index contributed by atoms with van der Waals surface area (Å²) in [7, 11) is -0.239. The third kappa shape index (κ3) is 23.6.